The van der Waals surface area contributed by atoms with Crippen molar-refractivity contribution in [2.75, 3.05) is 38.0 Å². The van der Waals surface area contributed by atoms with Crippen LogP contribution in [0.3, 0.4) is 0 Å². The van der Waals surface area contributed by atoms with Crippen LogP contribution in [-0.4, -0.2) is 82.5 Å². The zero-order valence-electron chi connectivity index (χ0n) is 21.7. The molecule has 2 fully saturated rings. The molecule has 0 spiro atoms. The van der Waals surface area contributed by atoms with E-state index in [1.807, 2.05) is 15.9 Å². The first-order valence-corrected chi connectivity index (χ1v) is 13.9. The van der Waals surface area contributed by atoms with Gasteiger partial charge in [-0.2, -0.15) is 0 Å². The highest BCUT2D eigenvalue weighted by molar-refractivity contribution is 5.98. The second-order valence-electron chi connectivity index (χ2n) is 11.4. The summed E-state index contributed by atoms with van der Waals surface area (Å²) in [6.07, 6.45) is 4.23. The Morgan fingerprint density at radius 3 is 2.57 bits per heavy atom. The summed E-state index contributed by atoms with van der Waals surface area (Å²) in [5, 5.41) is 14.7. The molecule has 2 N–H and O–H groups in total. The van der Waals surface area contributed by atoms with Crippen molar-refractivity contribution in [1.29, 1.82) is 0 Å². The average molecular weight is 503 g/mol. The van der Waals surface area contributed by atoms with Crippen molar-refractivity contribution in [3.05, 3.63) is 64.7 Å². The maximum absolute atomic E-state index is 13.8. The summed E-state index contributed by atoms with van der Waals surface area (Å²) in [7, 11) is 0. The number of amides is 2. The number of carbonyl (C=O) groups is 2. The van der Waals surface area contributed by atoms with Crippen LogP contribution in [0.2, 0.25) is 0 Å². The number of likely N-dealkylation sites (tertiary alicyclic amines) is 1. The maximum Gasteiger partial charge on any atom is 0.254 e. The monoisotopic (exact) mass is 502 g/mol. The van der Waals surface area contributed by atoms with Gasteiger partial charge in [0.05, 0.1) is 6.10 Å². The number of nitrogens with one attached hydrogen (secondary N) is 1. The summed E-state index contributed by atoms with van der Waals surface area (Å²) in [5.74, 6) is 0.621. The van der Waals surface area contributed by atoms with E-state index >= 15 is 0 Å². The molecule has 7 nitrogen and oxygen atoms in total. The van der Waals surface area contributed by atoms with E-state index in [2.05, 4.69) is 46.6 Å². The molecule has 1 saturated heterocycles. The molecular weight excluding hydrogens is 464 g/mol. The molecule has 2 amide bonds. The van der Waals surface area contributed by atoms with Crippen molar-refractivity contribution in [3.8, 4) is 0 Å². The topological polar surface area (TPSA) is 76.1 Å². The third-order valence-corrected chi connectivity index (χ3v) is 8.94. The number of anilines is 1. The molecular formula is C30H38N4O3. The van der Waals surface area contributed by atoms with Gasteiger partial charge in [0.25, 0.3) is 5.91 Å². The van der Waals surface area contributed by atoms with E-state index in [1.54, 1.807) is 6.92 Å². The number of benzene rings is 2. The minimum atomic E-state index is -0.567. The van der Waals surface area contributed by atoms with E-state index in [0.717, 1.165) is 75.1 Å². The standard InChI is InChI=1S/C30H38N4O3/c1-20(35)33-12-9-24(10-13-33)31-25-6-7-28-23-14-26(15-23)34(30(37)29(28)16-25)19-27(36)18-32-11-8-21-4-2-3-5-22(21)17-32/h2-7,16,23-24,26-27,31,36H,8-15,17-19H2,1H3/t23?,26?,27-/m1/s1. The third kappa shape index (κ3) is 4.99. The van der Waals surface area contributed by atoms with Crippen LogP contribution in [0.5, 0.6) is 0 Å². The fourth-order valence-corrected chi connectivity index (χ4v) is 6.70. The number of fused-ring (bicyclic) bond motifs is 2. The van der Waals surface area contributed by atoms with Gasteiger partial charge in [-0.1, -0.05) is 30.3 Å². The van der Waals surface area contributed by atoms with Crippen LogP contribution >= 0.6 is 0 Å². The van der Waals surface area contributed by atoms with Gasteiger partial charge >= 0.3 is 0 Å². The molecule has 37 heavy (non-hydrogen) atoms. The Labute approximate surface area is 219 Å². The van der Waals surface area contributed by atoms with E-state index in [0.29, 0.717) is 25.0 Å². The van der Waals surface area contributed by atoms with E-state index in [-0.39, 0.29) is 17.9 Å². The lowest BCUT2D eigenvalue weighted by molar-refractivity contribution is -0.129. The van der Waals surface area contributed by atoms with Gasteiger partial charge in [0.2, 0.25) is 5.91 Å². The van der Waals surface area contributed by atoms with E-state index in [4.69, 9.17) is 0 Å². The van der Waals surface area contributed by atoms with E-state index in [9.17, 15) is 14.7 Å². The van der Waals surface area contributed by atoms with Crippen molar-refractivity contribution in [2.24, 2.45) is 0 Å². The van der Waals surface area contributed by atoms with Crippen LogP contribution in [0.4, 0.5) is 5.69 Å². The lowest BCUT2D eigenvalue weighted by atomic mass is 9.75. The number of carbonyl (C=O) groups excluding carboxylic acids is 2. The molecule has 1 aliphatic carbocycles. The lowest BCUT2D eigenvalue weighted by Crippen LogP contribution is -2.49. The fourth-order valence-electron chi connectivity index (χ4n) is 6.70. The molecule has 4 heterocycles. The van der Waals surface area contributed by atoms with Crippen molar-refractivity contribution in [3.63, 3.8) is 0 Å². The second-order valence-corrected chi connectivity index (χ2v) is 11.4. The summed E-state index contributed by atoms with van der Waals surface area (Å²) < 4.78 is 0. The molecule has 1 atom stereocenters. The van der Waals surface area contributed by atoms with E-state index in [1.165, 1.54) is 11.1 Å². The molecule has 2 bridgehead atoms. The Morgan fingerprint density at radius 2 is 1.81 bits per heavy atom. The number of rotatable bonds is 6. The first kappa shape index (κ1) is 24.4. The minimum Gasteiger partial charge on any atom is -0.390 e. The molecule has 196 valence electrons. The number of nitrogens with zero attached hydrogens (tertiary/aromatic N) is 3. The first-order valence-electron chi connectivity index (χ1n) is 13.9. The van der Waals surface area contributed by atoms with Crippen LogP contribution in [0.15, 0.2) is 42.5 Å². The number of hydrogen-bond donors (Lipinski definition) is 2. The minimum absolute atomic E-state index is 0.0538. The van der Waals surface area contributed by atoms with Crippen LogP contribution in [-0.2, 0) is 17.8 Å². The molecule has 0 aromatic heterocycles. The highest BCUT2D eigenvalue weighted by atomic mass is 16.3. The molecule has 7 heteroatoms. The lowest BCUT2D eigenvalue weighted by Gasteiger charge is -2.41. The number of piperidine rings is 1. The quantitative estimate of drug-likeness (QED) is 0.635. The molecule has 5 aliphatic rings. The number of aliphatic hydroxyl groups excluding tert-OH is 1. The second kappa shape index (κ2) is 10.1. The van der Waals surface area contributed by atoms with Crippen LogP contribution in [0.1, 0.15) is 65.6 Å². The zero-order valence-corrected chi connectivity index (χ0v) is 21.7. The van der Waals surface area contributed by atoms with Gasteiger partial charge in [-0.15, -0.1) is 0 Å². The summed E-state index contributed by atoms with van der Waals surface area (Å²) >= 11 is 0. The van der Waals surface area contributed by atoms with Crippen molar-refractivity contribution >= 4 is 17.5 Å². The molecule has 0 radical (unpaired) electrons. The number of β-amino-alcohol motifs (C(OH)–C–C–N with tert-alkyl or cyclic N) is 1. The summed E-state index contributed by atoms with van der Waals surface area (Å²) in [6, 6.07) is 15.3. The molecule has 2 aromatic rings. The molecule has 7 rings (SSSR count). The summed E-state index contributed by atoms with van der Waals surface area (Å²) in [6.45, 7) is 5.94. The predicted octanol–water partition coefficient (Wildman–Crippen LogP) is 3.23. The molecule has 4 aliphatic heterocycles. The normalized spacial score (nSPS) is 24.5. The SMILES string of the molecule is CC(=O)N1CCC(Nc2ccc3c(c2)C(=O)N(C[C@H](O)CN2CCc4ccccc4C2)C2CC3C2)CC1. The Morgan fingerprint density at radius 1 is 1.05 bits per heavy atom. The Kier molecular flexibility index (Phi) is 6.67. The molecule has 0 unspecified atom stereocenters. The third-order valence-electron chi connectivity index (χ3n) is 8.94. The van der Waals surface area contributed by atoms with Crippen molar-refractivity contribution < 1.29 is 14.7 Å². The highest BCUT2D eigenvalue weighted by Crippen LogP contribution is 2.45. The van der Waals surface area contributed by atoms with Crippen LogP contribution in [0.25, 0.3) is 0 Å². The summed E-state index contributed by atoms with van der Waals surface area (Å²) in [5.41, 5.74) is 5.66. The Balaban J connectivity index is 1.11. The van der Waals surface area contributed by atoms with E-state index < -0.39 is 6.10 Å². The molecule has 1 saturated carbocycles. The molecule has 2 aromatic carbocycles. The Hall–Kier alpha value is -2.90. The summed E-state index contributed by atoms with van der Waals surface area (Å²) in [4.78, 5) is 31.6. The predicted molar refractivity (Wildman–Crippen MR) is 144 cm³/mol. The van der Waals surface area contributed by atoms with Gasteiger partial charge in [0, 0.05) is 69.5 Å². The average Bonchev–Trinajstić information content (AvgIpc) is 3.05. The smallest absolute Gasteiger partial charge is 0.254 e. The maximum atomic E-state index is 13.8. The largest absolute Gasteiger partial charge is 0.390 e. The number of aliphatic hydroxyl groups is 1. The highest BCUT2D eigenvalue weighted by Gasteiger charge is 2.43. The van der Waals surface area contributed by atoms with Crippen molar-refractivity contribution in [1.82, 2.24) is 14.7 Å². The van der Waals surface area contributed by atoms with Crippen LogP contribution < -0.4 is 5.32 Å². The number of hydrogen-bond acceptors (Lipinski definition) is 5. The zero-order chi connectivity index (χ0) is 25.5. The van der Waals surface area contributed by atoms with Crippen molar-refractivity contribution in [2.45, 2.75) is 69.7 Å². The van der Waals surface area contributed by atoms with Gasteiger partial charge in [-0.3, -0.25) is 14.5 Å². The van der Waals surface area contributed by atoms with Gasteiger partial charge in [-0.25, -0.2) is 0 Å². The van der Waals surface area contributed by atoms with Gasteiger partial charge < -0.3 is 20.2 Å². The fraction of sp³-hybridized carbons (Fsp3) is 0.533. The Bertz CT molecular complexity index is 1170. The van der Waals surface area contributed by atoms with Gasteiger partial charge in [0.1, 0.15) is 0 Å². The van der Waals surface area contributed by atoms with Gasteiger partial charge in [-0.05, 0) is 66.8 Å². The van der Waals surface area contributed by atoms with Crippen LogP contribution in [0, 0.1) is 0 Å². The van der Waals surface area contributed by atoms with Gasteiger partial charge in [0.15, 0.2) is 0 Å². The first-order chi connectivity index (χ1) is 17.9.